The maximum atomic E-state index is 12.6. The average molecular weight is 334 g/mol. The van der Waals surface area contributed by atoms with Crippen LogP contribution in [0.4, 0.5) is 4.79 Å². The molecule has 0 unspecified atom stereocenters. The summed E-state index contributed by atoms with van der Waals surface area (Å²) in [5.74, 6) is 0. The molecule has 0 atom stereocenters. The molecule has 128 valence electrons. The lowest BCUT2D eigenvalue weighted by molar-refractivity contribution is 0.0518. The van der Waals surface area contributed by atoms with Crippen LogP contribution in [-0.4, -0.2) is 21.5 Å². The second kappa shape index (κ2) is 6.55. The predicted molar refractivity (Wildman–Crippen MR) is 99.5 cm³/mol. The van der Waals surface area contributed by atoms with E-state index in [0.717, 1.165) is 22.4 Å². The van der Waals surface area contributed by atoms with Crippen LogP contribution in [0, 0.1) is 6.92 Å². The molecule has 4 nitrogen and oxygen atoms in total. The maximum Gasteiger partial charge on any atom is 0.435 e. The van der Waals surface area contributed by atoms with Gasteiger partial charge < -0.3 is 4.74 Å². The van der Waals surface area contributed by atoms with Crippen molar-refractivity contribution in [1.82, 2.24) is 9.78 Å². The summed E-state index contributed by atoms with van der Waals surface area (Å²) in [5, 5.41) is 4.51. The molecule has 4 heteroatoms. The zero-order valence-corrected chi connectivity index (χ0v) is 15.0. The highest BCUT2D eigenvalue weighted by molar-refractivity contribution is 5.80. The molecule has 3 rings (SSSR count). The van der Waals surface area contributed by atoms with Gasteiger partial charge in [0.25, 0.3) is 0 Å². The topological polar surface area (TPSA) is 44.1 Å². The Bertz CT molecular complexity index is 873. The number of ether oxygens (including phenoxy) is 1. The number of hydrogen-bond acceptors (Lipinski definition) is 3. The molecule has 1 aromatic heterocycles. The smallest absolute Gasteiger partial charge is 0.435 e. The Hall–Kier alpha value is -2.88. The quantitative estimate of drug-likeness (QED) is 0.638. The van der Waals surface area contributed by atoms with Crippen molar-refractivity contribution in [2.45, 2.75) is 33.3 Å². The number of aryl methyl sites for hydroxylation is 1. The molecule has 0 spiro atoms. The largest absolute Gasteiger partial charge is 0.442 e. The second-order valence-corrected chi connectivity index (χ2v) is 7.04. The molecule has 0 bridgehead atoms. The molecule has 0 fully saturated rings. The average Bonchev–Trinajstić information content (AvgIpc) is 3.00. The lowest BCUT2D eigenvalue weighted by Crippen LogP contribution is -2.28. The van der Waals surface area contributed by atoms with E-state index in [1.54, 1.807) is 0 Å². The molecule has 0 amide bonds. The van der Waals surface area contributed by atoms with E-state index in [9.17, 15) is 4.79 Å². The van der Waals surface area contributed by atoms with Gasteiger partial charge in [0.15, 0.2) is 0 Å². The van der Waals surface area contributed by atoms with Crippen LogP contribution in [0.2, 0.25) is 0 Å². The molecule has 2 aromatic carbocycles. The van der Waals surface area contributed by atoms with Crippen molar-refractivity contribution in [3.05, 3.63) is 66.2 Å². The SMILES string of the molecule is Cc1ccc(-c2cc(-c3ccccc3)nn2C(=O)OC(C)(C)C)cc1. The van der Waals surface area contributed by atoms with Gasteiger partial charge in [-0.3, -0.25) is 0 Å². The molecule has 0 aliphatic carbocycles. The van der Waals surface area contributed by atoms with Crippen molar-refractivity contribution >= 4 is 6.09 Å². The first-order chi connectivity index (χ1) is 11.8. The van der Waals surface area contributed by atoms with Crippen molar-refractivity contribution < 1.29 is 9.53 Å². The van der Waals surface area contributed by atoms with Gasteiger partial charge in [0.1, 0.15) is 5.60 Å². The van der Waals surface area contributed by atoms with Crippen molar-refractivity contribution in [3.63, 3.8) is 0 Å². The van der Waals surface area contributed by atoms with Crippen LogP contribution in [0.1, 0.15) is 26.3 Å². The highest BCUT2D eigenvalue weighted by Gasteiger charge is 2.22. The third kappa shape index (κ3) is 3.97. The van der Waals surface area contributed by atoms with Crippen LogP contribution in [0.5, 0.6) is 0 Å². The summed E-state index contributed by atoms with van der Waals surface area (Å²) >= 11 is 0. The summed E-state index contributed by atoms with van der Waals surface area (Å²) in [6.07, 6.45) is -0.481. The van der Waals surface area contributed by atoms with Crippen LogP contribution < -0.4 is 0 Å². The number of hydrogen-bond donors (Lipinski definition) is 0. The Morgan fingerprint density at radius 3 is 2.20 bits per heavy atom. The molecule has 0 aliphatic heterocycles. The first-order valence-corrected chi connectivity index (χ1v) is 8.29. The fourth-order valence-corrected chi connectivity index (χ4v) is 2.51. The zero-order chi connectivity index (χ0) is 18.0. The van der Waals surface area contributed by atoms with Crippen molar-refractivity contribution in [3.8, 4) is 22.5 Å². The van der Waals surface area contributed by atoms with Gasteiger partial charge >= 0.3 is 6.09 Å². The van der Waals surface area contributed by atoms with Gasteiger partial charge in [0.2, 0.25) is 0 Å². The van der Waals surface area contributed by atoms with E-state index in [-0.39, 0.29) is 0 Å². The number of nitrogens with zero attached hydrogens (tertiary/aromatic N) is 2. The molecule has 0 radical (unpaired) electrons. The van der Waals surface area contributed by atoms with Gasteiger partial charge in [-0.1, -0.05) is 60.2 Å². The molecule has 0 N–H and O–H groups in total. The van der Waals surface area contributed by atoms with E-state index in [0.29, 0.717) is 5.69 Å². The van der Waals surface area contributed by atoms with Gasteiger partial charge in [0.05, 0.1) is 11.4 Å². The first kappa shape index (κ1) is 17.0. The number of carbonyl (C=O) groups excluding carboxylic acids is 1. The Labute approximate surface area is 148 Å². The number of rotatable bonds is 2. The Kier molecular flexibility index (Phi) is 4.45. The standard InChI is InChI=1S/C21H22N2O2/c1-15-10-12-17(13-11-15)19-14-18(16-8-6-5-7-9-16)22-23(19)20(24)25-21(2,3)4/h5-14H,1-4H3. The fraction of sp³-hybridized carbons (Fsp3) is 0.238. The molecule has 25 heavy (non-hydrogen) atoms. The normalized spacial score (nSPS) is 11.4. The van der Waals surface area contributed by atoms with Crippen LogP contribution >= 0.6 is 0 Å². The van der Waals surface area contributed by atoms with E-state index in [1.807, 2.05) is 88.4 Å². The van der Waals surface area contributed by atoms with Gasteiger partial charge in [-0.15, -0.1) is 0 Å². The molecule has 0 saturated carbocycles. The van der Waals surface area contributed by atoms with Gasteiger partial charge in [-0.25, -0.2) is 4.79 Å². The summed E-state index contributed by atoms with van der Waals surface area (Å²) in [5.41, 5.74) is 3.91. The van der Waals surface area contributed by atoms with E-state index >= 15 is 0 Å². The van der Waals surface area contributed by atoms with Gasteiger partial charge in [0, 0.05) is 11.1 Å². The van der Waals surface area contributed by atoms with Crippen LogP contribution in [0.15, 0.2) is 60.7 Å². The summed E-state index contributed by atoms with van der Waals surface area (Å²) in [6.45, 7) is 7.57. The van der Waals surface area contributed by atoms with Crippen molar-refractivity contribution in [2.24, 2.45) is 0 Å². The Morgan fingerprint density at radius 1 is 0.960 bits per heavy atom. The van der Waals surface area contributed by atoms with Crippen LogP contribution in [0.3, 0.4) is 0 Å². The van der Waals surface area contributed by atoms with E-state index in [4.69, 9.17) is 4.74 Å². The van der Waals surface area contributed by atoms with Gasteiger partial charge in [-0.2, -0.15) is 9.78 Å². The lowest BCUT2D eigenvalue weighted by atomic mass is 10.1. The monoisotopic (exact) mass is 334 g/mol. The molecule has 3 aromatic rings. The highest BCUT2D eigenvalue weighted by Crippen LogP contribution is 2.27. The van der Waals surface area contributed by atoms with Gasteiger partial charge in [-0.05, 0) is 33.8 Å². The second-order valence-electron chi connectivity index (χ2n) is 7.04. The Balaban J connectivity index is 2.09. The number of aromatic nitrogens is 2. The third-order valence-corrected chi connectivity index (χ3v) is 3.69. The lowest BCUT2D eigenvalue weighted by Gasteiger charge is -2.19. The summed E-state index contributed by atoms with van der Waals surface area (Å²) < 4.78 is 6.87. The van der Waals surface area contributed by atoms with E-state index in [1.165, 1.54) is 4.68 Å². The van der Waals surface area contributed by atoms with Crippen LogP contribution in [0.25, 0.3) is 22.5 Å². The minimum Gasteiger partial charge on any atom is -0.442 e. The summed E-state index contributed by atoms with van der Waals surface area (Å²) in [7, 11) is 0. The molecular formula is C21H22N2O2. The Morgan fingerprint density at radius 2 is 1.60 bits per heavy atom. The molecule has 1 heterocycles. The molecular weight excluding hydrogens is 312 g/mol. The third-order valence-electron chi connectivity index (χ3n) is 3.69. The van der Waals surface area contributed by atoms with E-state index in [2.05, 4.69) is 5.10 Å². The number of carbonyl (C=O) groups is 1. The van der Waals surface area contributed by atoms with Crippen molar-refractivity contribution in [1.29, 1.82) is 0 Å². The molecule has 0 aliphatic rings. The minimum absolute atomic E-state index is 0.481. The predicted octanol–water partition coefficient (Wildman–Crippen LogP) is 5.31. The first-order valence-electron chi connectivity index (χ1n) is 8.29. The van der Waals surface area contributed by atoms with E-state index < -0.39 is 11.7 Å². The maximum absolute atomic E-state index is 12.6. The van der Waals surface area contributed by atoms with Crippen LogP contribution in [-0.2, 0) is 4.74 Å². The summed E-state index contributed by atoms with van der Waals surface area (Å²) in [6, 6.07) is 19.7. The molecule has 0 saturated heterocycles. The fourth-order valence-electron chi connectivity index (χ4n) is 2.51. The minimum atomic E-state index is -0.583. The number of benzene rings is 2. The summed E-state index contributed by atoms with van der Waals surface area (Å²) in [4.78, 5) is 12.6. The highest BCUT2D eigenvalue weighted by atomic mass is 16.6. The van der Waals surface area contributed by atoms with Crippen molar-refractivity contribution in [2.75, 3.05) is 0 Å². The zero-order valence-electron chi connectivity index (χ0n) is 15.0.